The predicted molar refractivity (Wildman–Crippen MR) is 102 cm³/mol. The number of anilines is 2. The Morgan fingerprint density at radius 1 is 1.37 bits per heavy atom. The average Bonchev–Trinajstić information content (AvgIpc) is 3.08. The smallest absolute Gasteiger partial charge is 0.254 e. The molecule has 1 amide bonds. The summed E-state index contributed by atoms with van der Waals surface area (Å²) in [6, 6.07) is 5.25. The van der Waals surface area contributed by atoms with E-state index >= 15 is 0 Å². The fourth-order valence-electron chi connectivity index (χ4n) is 2.93. The number of halogens is 1. The molecule has 0 atom stereocenters. The minimum Gasteiger partial charge on any atom is -0.495 e. The van der Waals surface area contributed by atoms with Crippen LogP contribution in [-0.4, -0.2) is 59.2 Å². The number of carbonyl (C=O) groups excluding carboxylic acids is 1. The molecule has 3 aromatic rings. The molecule has 0 unspecified atom stereocenters. The summed E-state index contributed by atoms with van der Waals surface area (Å²) in [6.45, 7) is 2.30. The van der Waals surface area contributed by atoms with Gasteiger partial charge in [-0.1, -0.05) is 11.6 Å². The third-order valence-corrected chi connectivity index (χ3v) is 4.69. The van der Waals surface area contributed by atoms with Crippen LogP contribution < -0.4 is 10.1 Å². The van der Waals surface area contributed by atoms with E-state index in [2.05, 4.69) is 20.3 Å². The van der Waals surface area contributed by atoms with Gasteiger partial charge in [0.1, 0.15) is 11.4 Å². The molecule has 8 nitrogen and oxygen atoms in total. The van der Waals surface area contributed by atoms with E-state index < -0.39 is 0 Å². The Hall–Kier alpha value is -2.84. The number of nitrogens with zero attached hydrogens (tertiary/aromatic N) is 3. The molecule has 140 valence electrons. The van der Waals surface area contributed by atoms with Crippen molar-refractivity contribution in [2.45, 2.75) is 0 Å². The van der Waals surface area contributed by atoms with Crippen molar-refractivity contribution >= 4 is 40.2 Å². The van der Waals surface area contributed by atoms with Crippen LogP contribution in [-0.2, 0) is 4.74 Å². The summed E-state index contributed by atoms with van der Waals surface area (Å²) in [5, 5.41) is 4.44. The number of fused-ring (bicyclic) bond motifs is 1. The van der Waals surface area contributed by atoms with Crippen LogP contribution in [0.4, 0.5) is 11.6 Å². The molecule has 0 saturated carbocycles. The first-order chi connectivity index (χ1) is 13.2. The molecule has 0 spiro atoms. The maximum absolute atomic E-state index is 12.6. The van der Waals surface area contributed by atoms with Crippen molar-refractivity contribution in [3.63, 3.8) is 0 Å². The quantitative estimate of drug-likeness (QED) is 0.715. The average molecular weight is 388 g/mol. The van der Waals surface area contributed by atoms with Crippen molar-refractivity contribution in [1.29, 1.82) is 0 Å². The van der Waals surface area contributed by atoms with Crippen LogP contribution in [0.5, 0.6) is 5.75 Å². The lowest BCUT2D eigenvalue weighted by atomic mass is 10.1. The highest BCUT2D eigenvalue weighted by Crippen LogP contribution is 2.29. The van der Waals surface area contributed by atoms with Gasteiger partial charge in [-0.3, -0.25) is 4.79 Å². The summed E-state index contributed by atoms with van der Waals surface area (Å²) in [5.41, 5.74) is 1.86. The first kappa shape index (κ1) is 17.6. The number of ether oxygens (including phenoxy) is 2. The fraction of sp³-hybridized carbons (Fsp3) is 0.278. The second-order valence-electron chi connectivity index (χ2n) is 6.04. The van der Waals surface area contributed by atoms with E-state index in [9.17, 15) is 4.79 Å². The maximum atomic E-state index is 12.6. The van der Waals surface area contributed by atoms with Gasteiger partial charge in [0, 0.05) is 31.0 Å². The van der Waals surface area contributed by atoms with Gasteiger partial charge in [0.2, 0.25) is 5.95 Å². The summed E-state index contributed by atoms with van der Waals surface area (Å²) in [5.74, 6) is 0.885. The summed E-state index contributed by atoms with van der Waals surface area (Å²) < 4.78 is 10.7. The van der Waals surface area contributed by atoms with Crippen LogP contribution in [0.15, 0.2) is 30.6 Å². The molecule has 1 aromatic carbocycles. The number of H-pyrrole nitrogens is 1. The molecule has 4 rings (SSSR count). The van der Waals surface area contributed by atoms with E-state index in [0.29, 0.717) is 59.9 Å². The molecule has 9 heteroatoms. The number of aromatic nitrogens is 3. The van der Waals surface area contributed by atoms with Gasteiger partial charge in [-0.2, -0.15) is 4.98 Å². The molecule has 2 N–H and O–H groups in total. The van der Waals surface area contributed by atoms with Gasteiger partial charge in [-0.15, -0.1) is 0 Å². The highest BCUT2D eigenvalue weighted by molar-refractivity contribution is 6.35. The molecule has 1 aliphatic rings. The van der Waals surface area contributed by atoms with Gasteiger partial charge in [-0.25, -0.2) is 4.98 Å². The predicted octanol–water partition coefficient (Wildman–Crippen LogP) is 2.84. The Kier molecular flexibility index (Phi) is 4.83. The van der Waals surface area contributed by atoms with Gasteiger partial charge in [0.25, 0.3) is 5.91 Å². The Bertz CT molecular complexity index is 984. The molecule has 3 heterocycles. The van der Waals surface area contributed by atoms with Crippen LogP contribution in [0.1, 0.15) is 10.4 Å². The maximum Gasteiger partial charge on any atom is 0.254 e. The van der Waals surface area contributed by atoms with E-state index in [1.807, 2.05) is 0 Å². The van der Waals surface area contributed by atoms with Crippen molar-refractivity contribution in [2.75, 3.05) is 38.7 Å². The molecule has 0 bridgehead atoms. The molecule has 0 aliphatic carbocycles. The second-order valence-corrected chi connectivity index (χ2v) is 6.44. The Morgan fingerprint density at radius 2 is 2.19 bits per heavy atom. The van der Waals surface area contributed by atoms with Crippen LogP contribution in [0, 0.1) is 0 Å². The Labute approximate surface area is 160 Å². The van der Waals surface area contributed by atoms with E-state index in [1.165, 1.54) is 0 Å². The van der Waals surface area contributed by atoms with Crippen LogP contribution in [0.2, 0.25) is 5.02 Å². The first-order valence-corrected chi connectivity index (χ1v) is 8.85. The molecular weight excluding hydrogens is 370 g/mol. The van der Waals surface area contributed by atoms with Crippen LogP contribution in [0.25, 0.3) is 11.0 Å². The zero-order valence-electron chi connectivity index (χ0n) is 14.7. The van der Waals surface area contributed by atoms with Crippen molar-refractivity contribution in [2.24, 2.45) is 0 Å². The number of benzene rings is 1. The Morgan fingerprint density at radius 3 is 2.96 bits per heavy atom. The van der Waals surface area contributed by atoms with Gasteiger partial charge in [0.15, 0.2) is 0 Å². The Balaban J connectivity index is 1.57. The number of rotatable bonds is 4. The fourth-order valence-corrected chi connectivity index (χ4v) is 3.13. The normalized spacial score (nSPS) is 14.4. The molecule has 2 aromatic heterocycles. The summed E-state index contributed by atoms with van der Waals surface area (Å²) in [6.07, 6.45) is 3.31. The SMILES string of the molecule is COc1cc(C(=O)N2CCOCC2)ccc1Nc1ncc2c(Cl)c[nH]c2n1. The number of amides is 1. The van der Waals surface area contributed by atoms with Crippen molar-refractivity contribution in [1.82, 2.24) is 19.9 Å². The summed E-state index contributed by atoms with van der Waals surface area (Å²) in [7, 11) is 1.55. The van der Waals surface area contributed by atoms with Gasteiger partial charge >= 0.3 is 0 Å². The van der Waals surface area contributed by atoms with Crippen molar-refractivity contribution in [3.8, 4) is 5.75 Å². The number of nitrogens with one attached hydrogen (secondary N) is 2. The zero-order valence-corrected chi connectivity index (χ0v) is 15.4. The highest BCUT2D eigenvalue weighted by Gasteiger charge is 2.20. The summed E-state index contributed by atoms with van der Waals surface area (Å²) >= 11 is 6.05. The first-order valence-electron chi connectivity index (χ1n) is 8.47. The van der Waals surface area contributed by atoms with Crippen LogP contribution >= 0.6 is 11.6 Å². The third kappa shape index (κ3) is 3.54. The van der Waals surface area contributed by atoms with E-state index in [-0.39, 0.29) is 5.91 Å². The number of hydrogen-bond acceptors (Lipinski definition) is 6. The molecular formula is C18H18ClN5O3. The third-order valence-electron chi connectivity index (χ3n) is 4.37. The van der Waals surface area contributed by atoms with Gasteiger partial charge in [-0.05, 0) is 18.2 Å². The minimum absolute atomic E-state index is 0.0400. The lowest BCUT2D eigenvalue weighted by Gasteiger charge is -2.27. The number of carbonyl (C=O) groups is 1. The van der Waals surface area contributed by atoms with E-state index in [1.54, 1.807) is 42.6 Å². The number of morpholine rings is 1. The topological polar surface area (TPSA) is 92.4 Å². The van der Waals surface area contributed by atoms with Crippen LogP contribution in [0.3, 0.4) is 0 Å². The molecule has 1 fully saturated rings. The van der Waals surface area contributed by atoms with Gasteiger partial charge < -0.3 is 24.7 Å². The molecule has 0 radical (unpaired) electrons. The lowest BCUT2D eigenvalue weighted by molar-refractivity contribution is 0.0302. The lowest BCUT2D eigenvalue weighted by Crippen LogP contribution is -2.40. The highest BCUT2D eigenvalue weighted by atomic mass is 35.5. The summed E-state index contributed by atoms with van der Waals surface area (Å²) in [4.78, 5) is 26.1. The minimum atomic E-state index is -0.0400. The van der Waals surface area contributed by atoms with E-state index in [4.69, 9.17) is 21.1 Å². The molecule has 1 saturated heterocycles. The van der Waals surface area contributed by atoms with E-state index in [0.717, 1.165) is 5.39 Å². The second kappa shape index (κ2) is 7.42. The number of hydrogen-bond donors (Lipinski definition) is 2. The van der Waals surface area contributed by atoms with Crippen molar-refractivity contribution < 1.29 is 14.3 Å². The molecule has 1 aliphatic heterocycles. The van der Waals surface area contributed by atoms with Crippen molar-refractivity contribution in [3.05, 3.63) is 41.2 Å². The number of methoxy groups -OCH3 is 1. The molecule has 27 heavy (non-hydrogen) atoms. The largest absolute Gasteiger partial charge is 0.495 e. The number of aromatic amines is 1. The standard InChI is InChI=1S/C18H18ClN5O3/c1-26-15-8-11(17(25)24-4-6-27-7-5-24)2-3-14(15)22-18-21-9-12-13(19)10-20-16(12)23-18/h2-3,8-10H,4-7H2,1H3,(H2,20,21,22,23). The zero-order chi connectivity index (χ0) is 18.8. The monoisotopic (exact) mass is 387 g/mol. The van der Waals surface area contributed by atoms with Gasteiger partial charge in [0.05, 0.1) is 36.4 Å².